The van der Waals surface area contributed by atoms with Crippen molar-refractivity contribution in [2.45, 2.75) is 6.42 Å². The minimum absolute atomic E-state index is 0.0883. The van der Waals surface area contributed by atoms with Gasteiger partial charge in [0.25, 0.3) is 0 Å². The summed E-state index contributed by atoms with van der Waals surface area (Å²) in [4.78, 5) is 13.4. The zero-order valence-electron chi connectivity index (χ0n) is 8.11. The van der Waals surface area contributed by atoms with Crippen LogP contribution in [0.25, 0.3) is 0 Å². The Labute approximate surface area is 93.1 Å². The molecule has 0 atom stereocenters. The van der Waals surface area contributed by atoms with Crippen LogP contribution in [0.1, 0.15) is 5.56 Å². The van der Waals surface area contributed by atoms with E-state index in [1.54, 1.807) is 17.0 Å². The Morgan fingerprint density at radius 2 is 2.33 bits per heavy atom. The van der Waals surface area contributed by atoms with Crippen LogP contribution in [0.4, 0.5) is 11.4 Å². The van der Waals surface area contributed by atoms with Gasteiger partial charge in [-0.15, -0.1) is 0 Å². The van der Waals surface area contributed by atoms with Crippen LogP contribution in [0.3, 0.4) is 0 Å². The quantitative estimate of drug-likeness (QED) is 0.777. The summed E-state index contributed by atoms with van der Waals surface area (Å²) < 4.78 is 0. The van der Waals surface area contributed by atoms with Crippen molar-refractivity contribution in [3.8, 4) is 0 Å². The molecule has 0 fully saturated rings. The van der Waals surface area contributed by atoms with E-state index in [0.29, 0.717) is 18.7 Å². The number of benzene rings is 1. The van der Waals surface area contributed by atoms with E-state index in [9.17, 15) is 4.79 Å². The summed E-state index contributed by atoms with van der Waals surface area (Å²) in [7, 11) is 0. The number of carbonyl (C=O) groups is 1. The van der Waals surface area contributed by atoms with Crippen molar-refractivity contribution in [1.29, 1.82) is 0 Å². The van der Waals surface area contributed by atoms with Gasteiger partial charge < -0.3 is 10.6 Å². The van der Waals surface area contributed by atoms with E-state index < -0.39 is 0 Å². The number of nitrogen functional groups attached to an aromatic ring is 1. The summed E-state index contributed by atoms with van der Waals surface area (Å²) >= 11 is 5.44. The van der Waals surface area contributed by atoms with Gasteiger partial charge in [-0.3, -0.25) is 4.79 Å². The first-order chi connectivity index (χ1) is 7.22. The number of carbonyl (C=O) groups excluding carboxylic acids is 1. The van der Waals surface area contributed by atoms with Crippen molar-refractivity contribution in [1.82, 2.24) is 0 Å². The molecule has 2 N–H and O–H groups in total. The summed E-state index contributed by atoms with van der Waals surface area (Å²) in [6, 6.07) is 5.52. The molecule has 0 radical (unpaired) electrons. The van der Waals surface area contributed by atoms with Crippen LogP contribution >= 0.6 is 11.6 Å². The Kier molecular flexibility index (Phi) is 2.64. The van der Waals surface area contributed by atoms with Crippen LogP contribution in [-0.4, -0.2) is 12.5 Å². The zero-order chi connectivity index (χ0) is 10.8. The highest BCUT2D eigenvalue weighted by Gasteiger charge is 2.25. The summed E-state index contributed by atoms with van der Waals surface area (Å²) in [5.41, 5.74) is 9.69. The highest BCUT2D eigenvalue weighted by molar-refractivity contribution is 6.25. The lowest BCUT2D eigenvalue weighted by Gasteiger charge is -2.14. The first-order valence-electron chi connectivity index (χ1n) is 4.66. The molecule has 0 saturated heterocycles. The van der Waals surface area contributed by atoms with E-state index in [1.807, 2.05) is 12.1 Å². The molecule has 15 heavy (non-hydrogen) atoms. The number of hydrogen-bond acceptors (Lipinski definition) is 2. The average molecular weight is 223 g/mol. The summed E-state index contributed by atoms with van der Waals surface area (Å²) in [6.07, 6.45) is 2.17. The van der Waals surface area contributed by atoms with Gasteiger partial charge in [0.05, 0.1) is 6.42 Å². The van der Waals surface area contributed by atoms with Gasteiger partial charge in [0.1, 0.15) is 0 Å². The molecule has 0 aliphatic carbocycles. The molecule has 0 aromatic heterocycles. The molecule has 4 heteroatoms. The third kappa shape index (κ3) is 1.83. The molecule has 3 nitrogen and oxygen atoms in total. The fourth-order valence-electron chi connectivity index (χ4n) is 1.75. The molecule has 0 unspecified atom stereocenters. The van der Waals surface area contributed by atoms with Gasteiger partial charge in [0.15, 0.2) is 0 Å². The largest absolute Gasteiger partial charge is 0.399 e. The van der Waals surface area contributed by atoms with E-state index in [2.05, 4.69) is 0 Å². The molecule has 1 aromatic rings. The molecule has 0 spiro atoms. The molecule has 0 saturated carbocycles. The predicted octanol–water partition coefficient (Wildman–Crippen LogP) is 1.91. The molecular weight excluding hydrogens is 212 g/mol. The van der Waals surface area contributed by atoms with Crippen molar-refractivity contribution in [3.05, 3.63) is 35.4 Å². The second kappa shape index (κ2) is 3.95. The van der Waals surface area contributed by atoms with E-state index in [1.165, 1.54) is 5.54 Å². The van der Waals surface area contributed by atoms with Crippen molar-refractivity contribution >= 4 is 28.9 Å². The number of rotatable bonds is 2. The molecule has 1 aromatic carbocycles. The summed E-state index contributed by atoms with van der Waals surface area (Å²) in [6.45, 7) is 0.513. The van der Waals surface area contributed by atoms with Crippen LogP contribution in [0.2, 0.25) is 0 Å². The molecule has 1 heterocycles. The highest BCUT2D eigenvalue weighted by Crippen LogP contribution is 2.30. The van der Waals surface area contributed by atoms with Gasteiger partial charge in [0, 0.05) is 23.5 Å². The maximum atomic E-state index is 11.7. The van der Waals surface area contributed by atoms with Crippen LogP contribution in [0.15, 0.2) is 29.8 Å². The molecule has 78 valence electrons. The average Bonchev–Trinajstić information content (AvgIpc) is 2.50. The SMILES string of the molecule is Nc1ccc2c(c1)CC(=O)N2C/C=C/Cl. The predicted molar refractivity (Wildman–Crippen MR) is 61.9 cm³/mol. The lowest BCUT2D eigenvalue weighted by atomic mass is 10.1. The third-order valence-electron chi connectivity index (χ3n) is 2.41. The van der Waals surface area contributed by atoms with Crippen molar-refractivity contribution in [2.24, 2.45) is 0 Å². The Balaban J connectivity index is 2.33. The molecule has 1 aliphatic rings. The van der Waals surface area contributed by atoms with Gasteiger partial charge in [-0.2, -0.15) is 0 Å². The third-order valence-corrected chi connectivity index (χ3v) is 2.59. The van der Waals surface area contributed by atoms with Gasteiger partial charge in [-0.1, -0.05) is 17.7 Å². The topological polar surface area (TPSA) is 46.3 Å². The van der Waals surface area contributed by atoms with E-state index >= 15 is 0 Å². The minimum Gasteiger partial charge on any atom is -0.399 e. The van der Waals surface area contributed by atoms with Crippen LogP contribution in [0.5, 0.6) is 0 Å². The highest BCUT2D eigenvalue weighted by atomic mass is 35.5. The standard InChI is InChI=1S/C11H11ClN2O/c12-4-1-5-14-10-3-2-9(13)6-8(10)7-11(14)15/h1-4,6H,5,7,13H2/b4-1+. The van der Waals surface area contributed by atoms with E-state index in [0.717, 1.165) is 11.3 Å². The van der Waals surface area contributed by atoms with Crippen LogP contribution in [0, 0.1) is 0 Å². The molecule has 2 rings (SSSR count). The smallest absolute Gasteiger partial charge is 0.231 e. The van der Waals surface area contributed by atoms with Crippen LogP contribution < -0.4 is 10.6 Å². The van der Waals surface area contributed by atoms with Gasteiger partial charge >= 0.3 is 0 Å². The summed E-state index contributed by atoms with van der Waals surface area (Å²) in [5.74, 6) is 0.0883. The molecule has 1 amide bonds. The Bertz CT molecular complexity index is 429. The van der Waals surface area contributed by atoms with Gasteiger partial charge in [-0.05, 0) is 23.8 Å². The zero-order valence-corrected chi connectivity index (χ0v) is 8.87. The number of nitrogens with two attached hydrogens (primary N) is 1. The lowest BCUT2D eigenvalue weighted by molar-refractivity contribution is -0.117. The molecule has 0 bridgehead atoms. The first kappa shape index (κ1) is 10.1. The number of anilines is 2. The monoisotopic (exact) mass is 222 g/mol. The van der Waals surface area contributed by atoms with Crippen LogP contribution in [-0.2, 0) is 11.2 Å². The first-order valence-corrected chi connectivity index (χ1v) is 5.10. The molecular formula is C11H11ClN2O. The van der Waals surface area contributed by atoms with Crippen molar-refractivity contribution in [3.63, 3.8) is 0 Å². The van der Waals surface area contributed by atoms with Crippen molar-refractivity contribution < 1.29 is 4.79 Å². The second-order valence-corrected chi connectivity index (χ2v) is 3.68. The number of hydrogen-bond donors (Lipinski definition) is 1. The fourth-order valence-corrected chi connectivity index (χ4v) is 1.83. The fraction of sp³-hybridized carbons (Fsp3) is 0.182. The van der Waals surface area contributed by atoms with Gasteiger partial charge in [0.2, 0.25) is 5.91 Å². The number of nitrogens with zero attached hydrogens (tertiary/aromatic N) is 1. The second-order valence-electron chi connectivity index (χ2n) is 3.43. The summed E-state index contributed by atoms with van der Waals surface area (Å²) in [5, 5.41) is 0. The lowest BCUT2D eigenvalue weighted by Crippen LogP contribution is -2.26. The van der Waals surface area contributed by atoms with Crippen molar-refractivity contribution in [2.75, 3.05) is 17.2 Å². The Morgan fingerprint density at radius 3 is 3.07 bits per heavy atom. The van der Waals surface area contributed by atoms with Gasteiger partial charge in [-0.25, -0.2) is 0 Å². The maximum absolute atomic E-state index is 11.7. The number of amides is 1. The Morgan fingerprint density at radius 1 is 1.53 bits per heavy atom. The maximum Gasteiger partial charge on any atom is 0.231 e. The molecule has 1 aliphatic heterocycles. The Hall–Kier alpha value is -1.48. The van der Waals surface area contributed by atoms with E-state index in [4.69, 9.17) is 17.3 Å². The minimum atomic E-state index is 0.0883. The normalized spacial score (nSPS) is 15.0. The number of fused-ring (bicyclic) bond motifs is 1. The number of halogens is 1. The van der Waals surface area contributed by atoms with E-state index in [-0.39, 0.29) is 5.91 Å².